The van der Waals surface area contributed by atoms with Gasteiger partial charge in [0.05, 0.1) is 0 Å². The van der Waals surface area contributed by atoms with Gasteiger partial charge in [0.25, 0.3) is 0 Å². The summed E-state index contributed by atoms with van der Waals surface area (Å²) in [6.45, 7) is -1.11. The Labute approximate surface area is 97.6 Å². The molecule has 2 rings (SSSR count). The van der Waals surface area contributed by atoms with Crippen LogP contribution in [0.4, 0.5) is 13.2 Å². The van der Waals surface area contributed by atoms with Gasteiger partial charge in [-0.05, 0) is 31.4 Å². The molecule has 0 amide bonds. The highest BCUT2D eigenvalue weighted by Gasteiger charge is 2.48. The van der Waals surface area contributed by atoms with E-state index in [1.54, 1.807) is 0 Å². The molecule has 2 N–H and O–H groups in total. The largest absolute Gasteiger partial charge is 0.435 e. The van der Waals surface area contributed by atoms with E-state index in [9.17, 15) is 13.2 Å². The number of benzene rings is 1. The van der Waals surface area contributed by atoms with E-state index in [-0.39, 0.29) is 17.2 Å². The van der Waals surface area contributed by atoms with Crippen molar-refractivity contribution in [2.24, 2.45) is 5.73 Å². The van der Waals surface area contributed by atoms with Crippen LogP contribution in [0.1, 0.15) is 25.3 Å². The molecule has 0 spiro atoms. The molecule has 1 atom stereocenters. The molecule has 17 heavy (non-hydrogen) atoms. The van der Waals surface area contributed by atoms with Gasteiger partial charge >= 0.3 is 6.61 Å². The normalized spacial score (nSPS) is 19.2. The number of nitrogens with two attached hydrogens (primary N) is 1. The molecule has 1 aliphatic carbocycles. The molecule has 1 aromatic rings. The first-order valence-corrected chi connectivity index (χ1v) is 5.46. The zero-order valence-electron chi connectivity index (χ0n) is 9.42. The molecule has 1 saturated carbocycles. The van der Waals surface area contributed by atoms with E-state index in [0.29, 0.717) is 5.56 Å². The van der Waals surface area contributed by atoms with E-state index in [1.165, 1.54) is 12.1 Å². The smallest absolute Gasteiger partial charge is 0.387 e. The lowest BCUT2D eigenvalue weighted by atomic mass is 9.89. The molecular formula is C12H14F3NO. The van der Waals surface area contributed by atoms with Crippen molar-refractivity contribution in [2.75, 3.05) is 0 Å². The standard InChI is InChI=1S/C12H14F3NO/c1-7(16)12(4-5-12)9-3-2-8(6-10(9)13)17-11(14)15/h2-3,6-7,11H,4-5,16H2,1H3. The second kappa shape index (κ2) is 4.22. The first-order chi connectivity index (χ1) is 7.95. The first-order valence-electron chi connectivity index (χ1n) is 5.46. The molecule has 1 unspecified atom stereocenters. The van der Waals surface area contributed by atoms with Crippen LogP contribution in [-0.2, 0) is 5.41 Å². The predicted octanol–water partition coefficient (Wildman–Crippen LogP) is 2.81. The van der Waals surface area contributed by atoms with E-state index in [2.05, 4.69) is 4.74 Å². The molecule has 0 radical (unpaired) electrons. The summed E-state index contributed by atoms with van der Waals surface area (Å²) in [4.78, 5) is 0. The molecule has 0 bridgehead atoms. The number of hydrogen-bond donors (Lipinski definition) is 1. The second-order valence-electron chi connectivity index (χ2n) is 4.46. The van der Waals surface area contributed by atoms with Crippen molar-refractivity contribution in [3.8, 4) is 5.75 Å². The van der Waals surface area contributed by atoms with Gasteiger partial charge in [0, 0.05) is 17.5 Å². The van der Waals surface area contributed by atoms with Crippen molar-refractivity contribution in [3.63, 3.8) is 0 Å². The summed E-state index contributed by atoms with van der Waals surface area (Å²) in [5.41, 5.74) is 6.00. The molecule has 1 fully saturated rings. The molecule has 1 aromatic carbocycles. The van der Waals surface area contributed by atoms with E-state index in [4.69, 9.17) is 5.73 Å². The zero-order valence-corrected chi connectivity index (χ0v) is 9.42. The van der Waals surface area contributed by atoms with Crippen LogP contribution in [-0.4, -0.2) is 12.7 Å². The van der Waals surface area contributed by atoms with E-state index < -0.39 is 12.4 Å². The summed E-state index contributed by atoms with van der Waals surface area (Å²) in [5, 5.41) is 0. The van der Waals surface area contributed by atoms with E-state index in [1.807, 2.05) is 6.92 Å². The van der Waals surface area contributed by atoms with Crippen molar-refractivity contribution in [2.45, 2.75) is 37.8 Å². The van der Waals surface area contributed by atoms with Crippen molar-refractivity contribution >= 4 is 0 Å². The quantitative estimate of drug-likeness (QED) is 0.885. The van der Waals surface area contributed by atoms with Gasteiger partial charge in [-0.25, -0.2) is 4.39 Å². The SMILES string of the molecule is CC(N)C1(c2ccc(OC(F)F)cc2F)CC1. The number of ether oxygens (including phenoxy) is 1. The Morgan fingerprint density at radius 3 is 2.41 bits per heavy atom. The van der Waals surface area contributed by atoms with E-state index in [0.717, 1.165) is 18.9 Å². The third-order valence-corrected chi connectivity index (χ3v) is 3.36. The minimum Gasteiger partial charge on any atom is -0.435 e. The number of rotatable bonds is 4. The Hall–Kier alpha value is -1.23. The third kappa shape index (κ3) is 2.24. The maximum Gasteiger partial charge on any atom is 0.387 e. The van der Waals surface area contributed by atoms with Crippen LogP contribution in [0, 0.1) is 5.82 Å². The first kappa shape index (κ1) is 12.2. The summed E-state index contributed by atoms with van der Waals surface area (Å²) in [6.07, 6.45) is 1.66. The fraction of sp³-hybridized carbons (Fsp3) is 0.500. The monoisotopic (exact) mass is 245 g/mol. The Bertz CT molecular complexity index is 416. The van der Waals surface area contributed by atoms with Crippen LogP contribution in [0.3, 0.4) is 0 Å². The molecule has 94 valence electrons. The maximum absolute atomic E-state index is 13.8. The number of halogens is 3. The van der Waals surface area contributed by atoms with Gasteiger partial charge in [0.2, 0.25) is 0 Å². The molecule has 5 heteroatoms. The van der Waals surface area contributed by atoms with Crippen LogP contribution < -0.4 is 10.5 Å². The van der Waals surface area contributed by atoms with Crippen LogP contribution in [0.25, 0.3) is 0 Å². The molecule has 2 nitrogen and oxygen atoms in total. The van der Waals surface area contributed by atoms with Gasteiger partial charge in [-0.15, -0.1) is 0 Å². The van der Waals surface area contributed by atoms with E-state index >= 15 is 0 Å². The van der Waals surface area contributed by atoms with Crippen LogP contribution in [0.15, 0.2) is 18.2 Å². The zero-order chi connectivity index (χ0) is 12.6. The van der Waals surface area contributed by atoms with Crippen molar-refractivity contribution in [1.82, 2.24) is 0 Å². The van der Waals surface area contributed by atoms with Crippen LogP contribution in [0.5, 0.6) is 5.75 Å². The molecular weight excluding hydrogens is 231 g/mol. The molecule has 0 heterocycles. The maximum atomic E-state index is 13.8. The van der Waals surface area contributed by atoms with Crippen LogP contribution in [0.2, 0.25) is 0 Å². The number of hydrogen-bond acceptors (Lipinski definition) is 2. The summed E-state index contributed by atoms with van der Waals surface area (Å²) in [5.74, 6) is -0.695. The highest BCUT2D eigenvalue weighted by atomic mass is 19.3. The predicted molar refractivity (Wildman–Crippen MR) is 57.6 cm³/mol. The van der Waals surface area contributed by atoms with Gasteiger partial charge in [0.15, 0.2) is 0 Å². The lowest BCUT2D eigenvalue weighted by molar-refractivity contribution is -0.0500. The van der Waals surface area contributed by atoms with Gasteiger partial charge in [-0.3, -0.25) is 0 Å². The molecule has 0 saturated heterocycles. The van der Waals surface area contributed by atoms with Crippen molar-refractivity contribution in [1.29, 1.82) is 0 Å². The summed E-state index contributed by atoms with van der Waals surface area (Å²) >= 11 is 0. The molecule has 0 aliphatic heterocycles. The minimum absolute atomic E-state index is 0.154. The highest BCUT2D eigenvalue weighted by molar-refractivity contribution is 5.39. The van der Waals surface area contributed by atoms with Gasteiger partial charge < -0.3 is 10.5 Å². The summed E-state index contributed by atoms with van der Waals surface area (Å²) < 4.78 is 41.9. The third-order valence-electron chi connectivity index (χ3n) is 3.36. The Kier molecular flexibility index (Phi) is 3.03. The highest BCUT2D eigenvalue weighted by Crippen LogP contribution is 2.51. The minimum atomic E-state index is -2.94. The molecule has 1 aliphatic rings. The summed E-state index contributed by atoms with van der Waals surface area (Å²) in [6, 6.07) is 3.68. The second-order valence-corrected chi connectivity index (χ2v) is 4.46. The van der Waals surface area contributed by atoms with Gasteiger partial charge in [-0.2, -0.15) is 8.78 Å². The fourth-order valence-corrected chi connectivity index (χ4v) is 2.18. The molecule has 0 aromatic heterocycles. The lowest BCUT2D eigenvalue weighted by Gasteiger charge is -2.21. The lowest BCUT2D eigenvalue weighted by Crippen LogP contribution is -2.32. The Morgan fingerprint density at radius 2 is 2.00 bits per heavy atom. The average Bonchev–Trinajstić information content (AvgIpc) is 2.97. The Morgan fingerprint density at radius 1 is 1.35 bits per heavy atom. The number of alkyl halides is 2. The summed E-state index contributed by atoms with van der Waals surface area (Å²) in [7, 11) is 0. The average molecular weight is 245 g/mol. The fourth-order valence-electron chi connectivity index (χ4n) is 2.18. The van der Waals surface area contributed by atoms with Crippen LogP contribution >= 0.6 is 0 Å². The Balaban J connectivity index is 2.26. The van der Waals surface area contributed by atoms with Gasteiger partial charge in [0.1, 0.15) is 11.6 Å². The van der Waals surface area contributed by atoms with Crippen molar-refractivity contribution < 1.29 is 17.9 Å². The van der Waals surface area contributed by atoms with Gasteiger partial charge in [-0.1, -0.05) is 6.07 Å². The van der Waals surface area contributed by atoms with Crippen molar-refractivity contribution in [3.05, 3.63) is 29.6 Å². The topological polar surface area (TPSA) is 35.2 Å².